The first kappa shape index (κ1) is 18.9. The zero-order chi connectivity index (χ0) is 17.8. The van der Waals surface area contributed by atoms with Crippen molar-refractivity contribution in [1.82, 2.24) is 10.1 Å². The van der Waals surface area contributed by atoms with Crippen LogP contribution in [-0.2, 0) is 21.5 Å². The van der Waals surface area contributed by atoms with Gasteiger partial charge in [-0.3, -0.25) is 4.79 Å². The van der Waals surface area contributed by atoms with Crippen molar-refractivity contribution in [2.75, 3.05) is 6.61 Å². The Labute approximate surface area is 144 Å². The molecule has 1 heterocycles. The van der Waals surface area contributed by atoms with Gasteiger partial charge in [0.15, 0.2) is 5.82 Å². The van der Waals surface area contributed by atoms with E-state index in [0.717, 1.165) is 25.7 Å². The Morgan fingerprint density at radius 1 is 1.38 bits per heavy atom. The normalized spacial score (nSPS) is 24.8. The lowest BCUT2D eigenvalue weighted by Crippen LogP contribution is -2.43. The lowest BCUT2D eigenvalue weighted by molar-refractivity contribution is -0.143. The van der Waals surface area contributed by atoms with Gasteiger partial charge >= 0.3 is 5.97 Å². The minimum absolute atomic E-state index is 0.248. The molecule has 0 radical (unpaired) electrons. The van der Waals surface area contributed by atoms with Crippen LogP contribution < -0.4 is 5.73 Å². The van der Waals surface area contributed by atoms with Crippen LogP contribution >= 0.6 is 0 Å². The summed E-state index contributed by atoms with van der Waals surface area (Å²) in [6, 6.07) is 0. The Bertz CT molecular complexity index is 545. The third-order valence-corrected chi connectivity index (χ3v) is 5.66. The van der Waals surface area contributed by atoms with Crippen molar-refractivity contribution in [3.63, 3.8) is 0 Å². The van der Waals surface area contributed by atoms with Gasteiger partial charge in [-0.05, 0) is 43.9 Å². The molecule has 0 saturated heterocycles. The zero-order valence-electron chi connectivity index (χ0n) is 15.4. The average Bonchev–Trinajstić information content (AvgIpc) is 3.03. The zero-order valence-corrected chi connectivity index (χ0v) is 15.4. The standard InChI is InChI=1S/C18H31N3O3/c1-5-17(3,4)13-9-11-18(19,12-10-13)16-20-14(24-21-16)7-8-15(22)23-6-2/h13H,5-12,19H2,1-4H3. The molecule has 24 heavy (non-hydrogen) atoms. The Morgan fingerprint density at radius 3 is 2.62 bits per heavy atom. The largest absolute Gasteiger partial charge is 0.466 e. The van der Waals surface area contributed by atoms with Crippen LogP contribution in [0.3, 0.4) is 0 Å². The van der Waals surface area contributed by atoms with Crippen molar-refractivity contribution < 1.29 is 14.1 Å². The van der Waals surface area contributed by atoms with E-state index in [0.29, 0.717) is 36.1 Å². The minimum atomic E-state index is -0.508. The fourth-order valence-electron chi connectivity index (χ4n) is 3.43. The van der Waals surface area contributed by atoms with Gasteiger partial charge in [0.25, 0.3) is 0 Å². The number of nitrogens with two attached hydrogens (primary N) is 1. The van der Waals surface area contributed by atoms with Crippen LogP contribution in [0.1, 0.15) is 77.9 Å². The van der Waals surface area contributed by atoms with Crippen molar-refractivity contribution >= 4 is 5.97 Å². The van der Waals surface area contributed by atoms with Crippen LogP contribution in [0.15, 0.2) is 4.52 Å². The van der Waals surface area contributed by atoms with Crippen molar-refractivity contribution in [1.29, 1.82) is 0 Å². The Morgan fingerprint density at radius 2 is 2.04 bits per heavy atom. The number of carbonyl (C=O) groups excluding carboxylic acids is 1. The molecule has 2 rings (SSSR count). The quantitative estimate of drug-likeness (QED) is 0.767. The van der Waals surface area contributed by atoms with Crippen LogP contribution in [0, 0.1) is 11.3 Å². The number of esters is 1. The van der Waals surface area contributed by atoms with Gasteiger partial charge in [-0.25, -0.2) is 0 Å². The second-order valence-electron chi connectivity index (χ2n) is 7.59. The van der Waals surface area contributed by atoms with Gasteiger partial charge in [0, 0.05) is 6.42 Å². The monoisotopic (exact) mass is 337 g/mol. The third kappa shape index (κ3) is 4.35. The lowest BCUT2D eigenvalue weighted by Gasteiger charge is -2.41. The van der Waals surface area contributed by atoms with Gasteiger partial charge < -0.3 is 15.0 Å². The lowest BCUT2D eigenvalue weighted by atomic mass is 9.65. The van der Waals surface area contributed by atoms with Crippen LogP contribution in [0.2, 0.25) is 0 Å². The molecule has 1 aliphatic rings. The SMILES string of the molecule is CCOC(=O)CCc1nc(C2(N)CCC(C(C)(C)CC)CC2)no1. The first-order valence-electron chi connectivity index (χ1n) is 9.08. The molecule has 1 fully saturated rings. The summed E-state index contributed by atoms with van der Waals surface area (Å²) in [6.07, 6.45) is 5.74. The number of rotatable bonds is 7. The summed E-state index contributed by atoms with van der Waals surface area (Å²) in [5, 5.41) is 4.08. The van der Waals surface area contributed by atoms with Crippen molar-refractivity contribution in [3.8, 4) is 0 Å². The van der Waals surface area contributed by atoms with Gasteiger partial charge in [-0.1, -0.05) is 32.3 Å². The molecule has 0 spiro atoms. The van der Waals surface area contributed by atoms with Crippen LogP contribution in [0.4, 0.5) is 0 Å². The molecule has 1 aromatic heterocycles. The predicted octanol–water partition coefficient (Wildman–Crippen LogP) is 3.35. The third-order valence-electron chi connectivity index (χ3n) is 5.66. The summed E-state index contributed by atoms with van der Waals surface area (Å²) >= 11 is 0. The van der Waals surface area contributed by atoms with Gasteiger partial charge in [-0.2, -0.15) is 4.98 Å². The summed E-state index contributed by atoms with van der Waals surface area (Å²) in [5.41, 5.74) is 6.41. The van der Waals surface area contributed by atoms with E-state index in [1.165, 1.54) is 6.42 Å². The van der Waals surface area contributed by atoms with Crippen LogP contribution in [0.25, 0.3) is 0 Å². The molecule has 0 aromatic carbocycles. The van der Waals surface area contributed by atoms with E-state index in [9.17, 15) is 4.79 Å². The van der Waals surface area contributed by atoms with E-state index in [2.05, 4.69) is 30.9 Å². The second-order valence-corrected chi connectivity index (χ2v) is 7.59. The number of carbonyl (C=O) groups is 1. The Hall–Kier alpha value is -1.43. The summed E-state index contributed by atoms with van der Waals surface area (Å²) in [7, 11) is 0. The molecule has 0 amide bonds. The average molecular weight is 337 g/mol. The van der Waals surface area contributed by atoms with E-state index in [4.69, 9.17) is 15.0 Å². The molecule has 2 N–H and O–H groups in total. The molecule has 0 unspecified atom stereocenters. The van der Waals surface area contributed by atoms with Gasteiger partial charge in [0.1, 0.15) is 0 Å². The molecular weight excluding hydrogens is 306 g/mol. The smallest absolute Gasteiger partial charge is 0.306 e. The molecule has 1 aromatic rings. The summed E-state index contributed by atoms with van der Waals surface area (Å²) in [4.78, 5) is 15.8. The molecular formula is C18H31N3O3. The maximum atomic E-state index is 11.4. The number of nitrogens with zero attached hydrogens (tertiary/aromatic N) is 2. The predicted molar refractivity (Wildman–Crippen MR) is 91.1 cm³/mol. The fourth-order valence-corrected chi connectivity index (χ4v) is 3.43. The van der Waals surface area contributed by atoms with Gasteiger partial charge in [0.05, 0.1) is 18.6 Å². The molecule has 0 atom stereocenters. The molecule has 0 bridgehead atoms. The molecule has 0 aliphatic heterocycles. The summed E-state index contributed by atoms with van der Waals surface area (Å²) in [6.45, 7) is 9.09. The highest BCUT2D eigenvalue weighted by atomic mass is 16.5. The minimum Gasteiger partial charge on any atom is -0.466 e. The van der Waals surface area contributed by atoms with Crippen LogP contribution in [0.5, 0.6) is 0 Å². The molecule has 1 aliphatic carbocycles. The van der Waals surface area contributed by atoms with E-state index >= 15 is 0 Å². The topological polar surface area (TPSA) is 91.2 Å². The number of ether oxygens (including phenoxy) is 1. The molecule has 6 nitrogen and oxygen atoms in total. The van der Waals surface area contributed by atoms with E-state index in [-0.39, 0.29) is 12.4 Å². The van der Waals surface area contributed by atoms with Crippen molar-refractivity contribution in [2.24, 2.45) is 17.1 Å². The first-order valence-corrected chi connectivity index (χ1v) is 9.08. The summed E-state index contributed by atoms with van der Waals surface area (Å²) in [5.74, 6) is 1.48. The summed E-state index contributed by atoms with van der Waals surface area (Å²) < 4.78 is 10.2. The van der Waals surface area contributed by atoms with Crippen molar-refractivity contribution in [2.45, 2.75) is 78.2 Å². The number of aromatic nitrogens is 2. The maximum Gasteiger partial charge on any atom is 0.306 e. The van der Waals surface area contributed by atoms with E-state index < -0.39 is 5.54 Å². The highest BCUT2D eigenvalue weighted by Crippen LogP contribution is 2.45. The fraction of sp³-hybridized carbons (Fsp3) is 0.833. The molecule has 136 valence electrons. The highest BCUT2D eigenvalue weighted by Gasteiger charge is 2.41. The number of hydrogen-bond acceptors (Lipinski definition) is 6. The number of hydrogen-bond donors (Lipinski definition) is 1. The number of aryl methyl sites for hydroxylation is 1. The van der Waals surface area contributed by atoms with E-state index in [1.54, 1.807) is 6.92 Å². The van der Waals surface area contributed by atoms with Gasteiger partial charge in [-0.15, -0.1) is 0 Å². The second kappa shape index (κ2) is 7.64. The van der Waals surface area contributed by atoms with Crippen molar-refractivity contribution in [3.05, 3.63) is 11.7 Å². The van der Waals surface area contributed by atoms with E-state index in [1.807, 2.05) is 0 Å². The maximum absolute atomic E-state index is 11.4. The van der Waals surface area contributed by atoms with Crippen LogP contribution in [-0.4, -0.2) is 22.7 Å². The first-order chi connectivity index (χ1) is 11.3. The molecule has 6 heteroatoms. The molecule has 1 saturated carbocycles. The Balaban J connectivity index is 1.94. The Kier molecular flexibility index (Phi) is 6.01. The highest BCUT2D eigenvalue weighted by molar-refractivity contribution is 5.69. The van der Waals surface area contributed by atoms with Gasteiger partial charge in [0.2, 0.25) is 5.89 Å².